The molecule has 24 heavy (non-hydrogen) atoms. The van der Waals surface area contributed by atoms with Crippen molar-refractivity contribution in [3.8, 4) is 0 Å². The number of guanidine groups is 1. The van der Waals surface area contributed by atoms with E-state index >= 15 is 0 Å². The highest BCUT2D eigenvalue weighted by Gasteiger charge is 2.02. The minimum Gasteiger partial charge on any atom is -0.357 e. The summed E-state index contributed by atoms with van der Waals surface area (Å²) < 4.78 is 1.71. The maximum atomic E-state index is 6.01. The SMILES string of the molecule is CCNC(=NCc1ncnn1C)NCCc1cc(Cl)cc(Cl)c1.I. The number of halogens is 3. The molecule has 0 saturated heterocycles. The third-order valence-corrected chi connectivity index (χ3v) is 3.59. The first kappa shape index (κ1) is 21.0. The lowest BCUT2D eigenvalue weighted by Crippen LogP contribution is -2.38. The van der Waals surface area contributed by atoms with E-state index in [4.69, 9.17) is 23.2 Å². The van der Waals surface area contributed by atoms with Crippen LogP contribution in [0, 0.1) is 0 Å². The van der Waals surface area contributed by atoms with Crippen LogP contribution >= 0.6 is 47.2 Å². The molecule has 0 radical (unpaired) electrons. The molecule has 0 amide bonds. The van der Waals surface area contributed by atoms with Crippen molar-refractivity contribution in [2.75, 3.05) is 13.1 Å². The van der Waals surface area contributed by atoms with Crippen molar-refractivity contribution in [2.24, 2.45) is 12.0 Å². The Hall–Kier alpha value is -1.06. The number of hydrogen-bond donors (Lipinski definition) is 2. The second-order valence-corrected chi connectivity index (χ2v) is 5.82. The first-order chi connectivity index (χ1) is 11.1. The molecule has 0 aliphatic heterocycles. The summed E-state index contributed by atoms with van der Waals surface area (Å²) in [6, 6.07) is 5.56. The largest absolute Gasteiger partial charge is 0.357 e. The predicted molar refractivity (Wildman–Crippen MR) is 109 cm³/mol. The molecule has 0 spiro atoms. The van der Waals surface area contributed by atoms with E-state index < -0.39 is 0 Å². The summed E-state index contributed by atoms with van der Waals surface area (Å²) in [5, 5.41) is 11.8. The minimum atomic E-state index is 0. The molecule has 0 atom stereocenters. The van der Waals surface area contributed by atoms with E-state index in [1.807, 2.05) is 26.1 Å². The van der Waals surface area contributed by atoms with Gasteiger partial charge in [0.25, 0.3) is 0 Å². The standard InChI is InChI=1S/C15H20Cl2N6.HI/c1-3-18-15(20-9-14-21-10-22-23(14)2)19-5-4-11-6-12(16)8-13(17)7-11;/h6-8,10H,3-5,9H2,1-2H3,(H2,18,19,20);1H. The van der Waals surface area contributed by atoms with Gasteiger partial charge in [-0.1, -0.05) is 23.2 Å². The molecule has 6 nitrogen and oxygen atoms in total. The molecular formula is C15H21Cl2IN6. The van der Waals surface area contributed by atoms with E-state index in [2.05, 4.69) is 25.7 Å². The van der Waals surface area contributed by atoms with Crippen LogP contribution in [0.3, 0.4) is 0 Å². The van der Waals surface area contributed by atoms with Crippen molar-refractivity contribution in [1.29, 1.82) is 0 Å². The van der Waals surface area contributed by atoms with Crippen LogP contribution in [0.1, 0.15) is 18.3 Å². The molecule has 9 heteroatoms. The van der Waals surface area contributed by atoms with Gasteiger partial charge < -0.3 is 10.6 Å². The Morgan fingerprint density at radius 3 is 2.50 bits per heavy atom. The maximum Gasteiger partial charge on any atom is 0.191 e. The van der Waals surface area contributed by atoms with Gasteiger partial charge in [-0.15, -0.1) is 24.0 Å². The summed E-state index contributed by atoms with van der Waals surface area (Å²) >= 11 is 12.0. The number of aryl methyl sites for hydroxylation is 1. The molecule has 132 valence electrons. The number of benzene rings is 1. The summed E-state index contributed by atoms with van der Waals surface area (Å²) in [5.41, 5.74) is 1.08. The number of nitrogens with zero attached hydrogens (tertiary/aromatic N) is 4. The molecule has 2 N–H and O–H groups in total. The first-order valence-corrected chi connectivity index (χ1v) is 8.14. The van der Waals surface area contributed by atoms with Crippen molar-refractivity contribution in [3.63, 3.8) is 0 Å². The molecule has 0 aliphatic rings. The molecule has 1 aromatic carbocycles. The molecule has 0 aliphatic carbocycles. The van der Waals surface area contributed by atoms with Crippen LogP contribution in [0.2, 0.25) is 10.0 Å². The van der Waals surface area contributed by atoms with Gasteiger partial charge in [-0.2, -0.15) is 5.10 Å². The summed E-state index contributed by atoms with van der Waals surface area (Å²) in [6.07, 6.45) is 2.32. The van der Waals surface area contributed by atoms with Gasteiger partial charge in [-0.05, 0) is 37.1 Å². The quantitative estimate of drug-likeness (QED) is 0.377. The van der Waals surface area contributed by atoms with Crippen LogP contribution in [-0.4, -0.2) is 33.8 Å². The Kier molecular flexibility index (Phi) is 9.38. The lowest BCUT2D eigenvalue weighted by atomic mass is 10.1. The number of hydrogen-bond acceptors (Lipinski definition) is 3. The Labute approximate surface area is 169 Å². The topological polar surface area (TPSA) is 67.1 Å². The Morgan fingerprint density at radius 2 is 1.92 bits per heavy atom. The highest BCUT2D eigenvalue weighted by atomic mass is 127. The van der Waals surface area contributed by atoms with Crippen molar-refractivity contribution in [2.45, 2.75) is 19.9 Å². The van der Waals surface area contributed by atoms with Crippen molar-refractivity contribution >= 4 is 53.1 Å². The van der Waals surface area contributed by atoms with Crippen LogP contribution in [0.4, 0.5) is 0 Å². The van der Waals surface area contributed by atoms with Crippen LogP contribution < -0.4 is 10.6 Å². The number of rotatable bonds is 6. The molecule has 2 rings (SSSR count). The van der Waals surface area contributed by atoms with Crippen molar-refractivity contribution in [3.05, 3.63) is 46.0 Å². The average molecular weight is 483 g/mol. The van der Waals surface area contributed by atoms with Gasteiger partial charge in [0.1, 0.15) is 18.7 Å². The molecule has 0 bridgehead atoms. The smallest absolute Gasteiger partial charge is 0.191 e. The zero-order valence-corrected chi connectivity index (χ0v) is 17.4. The fraction of sp³-hybridized carbons (Fsp3) is 0.400. The first-order valence-electron chi connectivity index (χ1n) is 7.38. The fourth-order valence-corrected chi connectivity index (χ4v) is 2.61. The van der Waals surface area contributed by atoms with Gasteiger partial charge in [0, 0.05) is 30.2 Å². The van der Waals surface area contributed by atoms with Gasteiger partial charge >= 0.3 is 0 Å². The fourth-order valence-electron chi connectivity index (χ4n) is 2.04. The maximum absolute atomic E-state index is 6.01. The number of aromatic nitrogens is 3. The second kappa shape index (κ2) is 10.7. The van der Waals surface area contributed by atoms with Gasteiger partial charge in [0.2, 0.25) is 0 Å². The molecule has 0 unspecified atom stereocenters. The zero-order valence-electron chi connectivity index (χ0n) is 13.6. The molecule has 1 heterocycles. The Morgan fingerprint density at radius 1 is 1.21 bits per heavy atom. The summed E-state index contributed by atoms with van der Waals surface area (Å²) in [5.74, 6) is 1.55. The molecule has 0 fully saturated rings. The normalized spacial score (nSPS) is 11.1. The molecule has 2 aromatic rings. The van der Waals surface area contributed by atoms with Crippen LogP contribution in [-0.2, 0) is 20.0 Å². The minimum absolute atomic E-state index is 0. The molecule has 1 aromatic heterocycles. The molecule has 0 saturated carbocycles. The highest BCUT2D eigenvalue weighted by molar-refractivity contribution is 14.0. The van der Waals surface area contributed by atoms with Crippen LogP contribution in [0.5, 0.6) is 0 Å². The second-order valence-electron chi connectivity index (χ2n) is 4.95. The van der Waals surface area contributed by atoms with E-state index in [1.165, 1.54) is 6.33 Å². The number of aliphatic imine (C=N–C) groups is 1. The Balaban J connectivity index is 0.00000288. The van der Waals surface area contributed by atoms with Crippen LogP contribution in [0.25, 0.3) is 0 Å². The van der Waals surface area contributed by atoms with E-state index in [0.717, 1.165) is 36.9 Å². The third kappa shape index (κ3) is 6.82. The summed E-state index contributed by atoms with van der Waals surface area (Å²) in [4.78, 5) is 8.66. The summed E-state index contributed by atoms with van der Waals surface area (Å²) in [7, 11) is 1.85. The van der Waals surface area contributed by atoms with Gasteiger partial charge in [-0.25, -0.2) is 9.98 Å². The lowest BCUT2D eigenvalue weighted by molar-refractivity contribution is 0.697. The highest BCUT2D eigenvalue weighted by Crippen LogP contribution is 2.19. The van der Waals surface area contributed by atoms with Crippen LogP contribution in [0.15, 0.2) is 29.5 Å². The zero-order chi connectivity index (χ0) is 16.7. The van der Waals surface area contributed by atoms with E-state index in [-0.39, 0.29) is 24.0 Å². The van der Waals surface area contributed by atoms with Gasteiger partial charge in [-0.3, -0.25) is 4.68 Å². The third-order valence-electron chi connectivity index (χ3n) is 3.16. The van der Waals surface area contributed by atoms with Gasteiger partial charge in [0.15, 0.2) is 5.96 Å². The monoisotopic (exact) mass is 482 g/mol. The number of nitrogens with one attached hydrogen (secondary N) is 2. The lowest BCUT2D eigenvalue weighted by Gasteiger charge is -2.11. The van der Waals surface area contributed by atoms with E-state index in [9.17, 15) is 0 Å². The van der Waals surface area contributed by atoms with E-state index in [1.54, 1.807) is 10.7 Å². The summed E-state index contributed by atoms with van der Waals surface area (Å²) in [6.45, 7) is 4.00. The average Bonchev–Trinajstić information content (AvgIpc) is 2.89. The van der Waals surface area contributed by atoms with E-state index in [0.29, 0.717) is 16.6 Å². The van der Waals surface area contributed by atoms with Crippen molar-refractivity contribution < 1.29 is 0 Å². The molecular weight excluding hydrogens is 462 g/mol. The van der Waals surface area contributed by atoms with Crippen molar-refractivity contribution in [1.82, 2.24) is 25.4 Å². The van der Waals surface area contributed by atoms with Gasteiger partial charge in [0.05, 0.1) is 0 Å². The predicted octanol–water partition coefficient (Wildman–Crippen LogP) is 3.04. The Bertz CT molecular complexity index is 653.